The summed E-state index contributed by atoms with van der Waals surface area (Å²) < 4.78 is 0. The first-order valence-electron chi connectivity index (χ1n) is 24.1. The number of benzene rings is 4. The van der Waals surface area contributed by atoms with Crippen LogP contribution in [0.4, 0.5) is 0 Å². The molecular weight excluding hydrogens is 796 g/mol. The second kappa shape index (κ2) is 21.5. The number of rotatable bonds is 6. The van der Waals surface area contributed by atoms with Crippen molar-refractivity contribution in [3.05, 3.63) is 160 Å². The molecule has 4 aromatic carbocycles. The van der Waals surface area contributed by atoms with Gasteiger partial charge in [-0.1, -0.05) is 127 Å². The molecule has 312 valence electrons. The third-order valence-corrected chi connectivity index (χ3v) is 17.4. The monoisotopic (exact) mass is 861 g/mol. The van der Waals surface area contributed by atoms with Crippen LogP contribution in [0.15, 0.2) is 127 Å². The molecule has 0 saturated heterocycles. The van der Waals surface area contributed by atoms with Crippen molar-refractivity contribution in [1.82, 2.24) is 0 Å². The first-order chi connectivity index (χ1) is 29.3. The maximum Gasteiger partial charge on any atom is 1.00 e. The Morgan fingerprint density at radius 3 is 0.571 bits per heavy atom. The van der Waals surface area contributed by atoms with Gasteiger partial charge in [0.2, 0.25) is 0 Å². The molecule has 12 aliphatic carbocycles. The summed E-state index contributed by atoms with van der Waals surface area (Å²) in [5.41, 5.74) is 5.66. The van der Waals surface area contributed by atoms with Crippen LogP contribution in [0.2, 0.25) is 0 Å². The zero-order valence-corrected chi connectivity index (χ0v) is 44.9. The fourth-order valence-electron chi connectivity index (χ4n) is 16.3. The summed E-state index contributed by atoms with van der Waals surface area (Å²) in [6.45, 7) is 0. The van der Waals surface area contributed by atoms with Gasteiger partial charge in [0.15, 0.2) is 0 Å². The van der Waals surface area contributed by atoms with E-state index in [0.717, 1.165) is 70.0 Å². The summed E-state index contributed by atoms with van der Waals surface area (Å²) in [7, 11) is 0. The Hall–Kier alpha value is -1.11. The topological polar surface area (TPSA) is 66.9 Å². The van der Waals surface area contributed by atoms with Crippen LogP contribution in [0.1, 0.15) is 132 Å². The van der Waals surface area contributed by atoms with Crippen LogP contribution in [0.5, 0.6) is 0 Å². The van der Waals surface area contributed by atoms with Gasteiger partial charge in [-0.3, -0.25) is 0 Å². The van der Waals surface area contributed by atoms with Gasteiger partial charge >= 0.3 is 88.7 Å². The molecule has 12 aliphatic rings. The van der Waals surface area contributed by atoms with Gasteiger partial charge in [0.05, 0.1) is 0 Å². The minimum Gasteiger partial charge on any atom is -0.807 e. The van der Waals surface area contributed by atoms with Crippen molar-refractivity contribution in [1.29, 1.82) is 0 Å². The van der Waals surface area contributed by atoms with Gasteiger partial charge in [-0.05, 0) is 202 Å². The zero-order valence-electron chi connectivity index (χ0n) is 38.9. The first-order valence-corrected chi connectivity index (χ1v) is 24.1. The van der Waals surface area contributed by atoms with Crippen LogP contribution in [0.25, 0.3) is 16.2 Å². The largest absolute Gasteiger partial charge is 1.00 e. The molecule has 0 radical (unpaired) electrons. The molecular formula is C57H66N3Na3. The van der Waals surface area contributed by atoms with Gasteiger partial charge < -0.3 is 16.2 Å². The van der Waals surface area contributed by atoms with Crippen molar-refractivity contribution < 1.29 is 88.7 Å². The van der Waals surface area contributed by atoms with Gasteiger partial charge in [0.1, 0.15) is 0 Å². The Kier molecular flexibility index (Phi) is 17.0. The Morgan fingerprint density at radius 1 is 0.270 bits per heavy atom. The molecule has 4 aromatic rings. The number of nitrogens with zero attached hydrogens (tertiary/aromatic N) is 3. The van der Waals surface area contributed by atoms with Gasteiger partial charge in [0.25, 0.3) is 0 Å². The molecule has 12 fully saturated rings. The van der Waals surface area contributed by atoms with Crippen LogP contribution >= 0.6 is 0 Å². The third-order valence-electron chi connectivity index (χ3n) is 17.4. The van der Waals surface area contributed by atoms with Crippen molar-refractivity contribution in [2.75, 3.05) is 0 Å². The molecule has 0 aliphatic heterocycles. The van der Waals surface area contributed by atoms with E-state index in [9.17, 15) is 16.2 Å². The predicted molar refractivity (Wildman–Crippen MR) is 250 cm³/mol. The van der Waals surface area contributed by atoms with E-state index in [1.165, 1.54) is 116 Å². The van der Waals surface area contributed by atoms with E-state index in [1.54, 1.807) is 0 Å². The molecule has 0 amide bonds. The van der Waals surface area contributed by atoms with Gasteiger partial charge in [0, 0.05) is 0 Å². The van der Waals surface area contributed by atoms with E-state index < -0.39 is 0 Å². The van der Waals surface area contributed by atoms with E-state index in [2.05, 4.69) is 36.4 Å². The molecule has 0 aromatic heterocycles. The van der Waals surface area contributed by atoms with Crippen LogP contribution in [-0.2, 0) is 0 Å². The van der Waals surface area contributed by atoms with E-state index in [-0.39, 0.29) is 105 Å². The molecule has 6 heteroatoms. The predicted octanol–water partition coefficient (Wildman–Crippen LogP) is 5.48. The van der Waals surface area contributed by atoms with Crippen molar-refractivity contribution in [3.63, 3.8) is 0 Å². The van der Waals surface area contributed by atoms with Crippen molar-refractivity contribution >= 4 is 17.1 Å². The van der Waals surface area contributed by atoms with Gasteiger partial charge in [-0.25, -0.2) is 0 Å². The average molecular weight is 862 g/mol. The Morgan fingerprint density at radius 2 is 0.413 bits per heavy atom. The summed E-state index contributed by atoms with van der Waals surface area (Å²) in [5, 5.41) is 32.4. The van der Waals surface area contributed by atoms with Crippen molar-refractivity contribution in [2.24, 2.45) is 69.5 Å². The second-order valence-electron chi connectivity index (χ2n) is 21.9. The maximum atomic E-state index is 10.8. The molecule has 12 saturated carbocycles. The van der Waals surface area contributed by atoms with Crippen molar-refractivity contribution in [3.8, 4) is 0 Å². The Bertz CT molecular complexity index is 1770. The van der Waals surface area contributed by atoms with E-state index >= 15 is 0 Å². The van der Waals surface area contributed by atoms with Crippen molar-refractivity contribution in [2.45, 2.75) is 116 Å². The molecule has 0 spiro atoms. The normalized spacial score (nSPS) is 35.9. The molecule has 0 heterocycles. The van der Waals surface area contributed by atoms with Gasteiger partial charge in [-0.15, -0.1) is 0 Å². The van der Waals surface area contributed by atoms with E-state index in [4.69, 9.17) is 0 Å². The van der Waals surface area contributed by atoms with Gasteiger partial charge in [-0.2, -0.15) is 17.1 Å². The standard InChI is InChI=1S/3C17H20N.C6H6.3Na/c3*18-16(15-4-2-1-3-5-15)17-9-12-6-13(10-17)8-14(7-12)11-17;1-2-4-6-5-3-1;;;/h3*1-5,12-14H,6-11H2;1-6H;;;/q3*-1;;3*+1. The smallest absolute Gasteiger partial charge is 0.807 e. The summed E-state index contributed by atoms with van der Waals surface area (Å²) in [6.07, 6.45) is 24.0. The molecule has 3 nitrogen and oxygen atoms in total. The fraction of sp³-hybridized carbons (Fsp3) is 0.526. The fourth-order valence-corrected chi connectivity index (χ4v) is 16.3. The third kappa shape index (κ3) is 10.8. The van der Waals surface area contributed by atoms with Crippen LogP contribution in [0.3, 0.4) is 0 Å². The van der Waals surface area contributed by atoms with Crippen LogP contribution < -0.4 is 88.7 Å². The SMILES string of the molecule is [N-]=C(c1ccccc1)C12CC3CC(CC(C3)C1)C2.[N-]=C(c1ccccc1)C12CC3CC(CC(C3)C1)C2.[N-]=C(c1ccccc1)C12CC3CC(CC(C3)C1)C2.[Na+].[Na+].[Na+].c1ccccc1. The maximum absolute atomic E-state index is 10.8. The summed E-state index contributed by atoms with van der Waals surface area (Å²) in [4.78, 5) is 0. The van der Waals surface area contributed by atoms with Crippen LogP contribution in [-0.4, -0.2) is 17.1 Å². The zero-order chi connectivity index (χ0) is 40.7. The minimum atomic E-state index is 0. The Labute approximate surface area is 446 Å². The quantitative estimate of drug-likeness (QED) is 0.182. The molecule has 0 N–H and O–H groups in total. The number of hydrogen-bond acceptors (Lipinski definition) is 0. The average Bonchev–Trinajstić information content (AvgIpc) is 3.26. The minimum absolute atomic E-state index is 0. The van der Waals surface area contributed by atoms with E-state index in [1.807, 2.05) is 91.0 Å². The van der Waals surface area contributed by atoms with Crippen LogP contribution in [0, 0.1) is 69.5 Å². The molecule has 0 unspecified atom stereocenters. The summed E-state index contributed by atoms with van der Waals surface area (Å²) in [5.74, 6) is 8.02. The molecule has 0 atom stereocenters. The molecule has 16 rings (SSSR count). The first kappa shape index (κ1) is 49.8. The Balaban J connectivity index is 0.000000130. The second-order valence-corrected chi connectivity index (χ2v) is 21.9. The number of hydrogen-bond donors (Lipinski definition) is 0. The molecule has 12 bridgehead atoms. The van der Waals surface area contributed by atoms with E-state index in [0.29, 0.717) is 17.1 Å². The summed E-state index contributed by atoms with van der Waals surface area (Å²) >= 11 is 0. The summed E-state index contributed by atoms with van der Waals surface area (Å²) in [6, 6.07) is 42.7. The molecule has 63 heavy (non-hydrogen) atoms.